The number of nitrogens with one attached hydrogen (secondary N) is 1. The van der Waals surface area contributed by atoms with Crippen molar-refractivity contribution in [2.24, 2.45) is 7.05 Å². The topological polar surface area (TPSA) is 82.9 Å². The molecule has 31 heavy (non-hydrogen) atoms. The minimum atomic E-state index is 0.217. The van der Waals surface area contributed by atoms with Gasteiger partial charge in [0.05, 0.1) is 35.6 Å². The van der Waals surface area contributed by atoms with Crippen molar-refractivity contribution in [3.8, 4) is 0 Å². The van der Waals surface area contributed by atoms with Gasteiger partial charge >= 0.3 is 0 Å². The lowest BCUT2D eigenvalue weighted by atomic mass is 9.95. The number of fused-ring (bicyclic) bond motifs is 3. The van der Waals surface area contributed by atoms with Crippen molar-refractivity contribution in [3.05, 3.63) is 48.5 Å². The van der Waals surface area contributed by atoms with Gasteiger partial charge in [0.2, 0.25) is 5.91 Å². The zero-order valence-corrected chi connectivity index (χ0v) is 17.5. The molecule has 2 aliphatic heterocycles. The number of hydrogen-bond donors (Lipinski definition) is 1. The largest absolute Gasteiger partial charge is 0.351 e. The first kappa shape index (κ1) is 18.4. The Hall–Kier alpha value is -3.42. The van der Waals surface area contributed by atoms with Crippen LogP contribution >= 0.6 is 0 Å². The van der Waals surface area contributed by atoms with Crippen LogP contribution in [0.25, 0.3) is 21.9 Å². The Morgan fingerprint density at radius 1 is 1.16 bits per heavy atom. The lowest BCUT2D eigenvalue weighted by molar-refractivity contribution is -0.134. The predicted molar refractivity (Wildman–Crippen MR) is 119 cm³/mol. The second-order valence-electron chi connectivity index (χ2n) is 8.62. The van der Waals surface area contributed by atoms with E-state index in [1.54, 1.807) is 6.33 Å². The molecule has 2 atom stereocenters. The molecule has 0 bridgehead atoms. The maximum atomic E-state index is 13.3. The molecule has 0 saturated carbocycles. The van der Waals surface area contributed by atoms with Gasteiger partial charge in [0.25, 0.3) is 0 Å². The van der Waals surface area contributed by atoms with E-state index in [-0.39, 0.29) is 11.9 Å². The van der Waals surface area contributed by atoms with Crippen molar-refractivity contribution in [3.63, 3.8) is 0 Å². The molecule has 0 spiro atoms. The van der Waals surface area contributed by atoms with Crippen LogP contribution in [0.4, 0.5) is 5.82 Å². The molecule has 8 nitrogen and oxygen atoms in total. The Labute approximate surface area is 179 Å². The van der Waals surface area contributed by atoms with Gasteiger partial charge in [0, 0.05) is 31.7 Å². The fourth-order valence-corrected chi connectivity index (χ4v) is 5.45. The number of carbonyl (C=O) groups excluding carboxylic acids is 1. The van der Waals surface area contributed by atoms with E-state index in [9.17, 15) is 4.79 Å². The molecule has 2 fully saturated rings. The average Bonchev–Trinajstić information content (AvgIpc) is 3.51. The first-order chi connectivity index (χ1) is 15.2. The summed E-state index contributed by atoms with van der Waals surface area (Å²) in [5.74, 6) is 1.20. The Morgan fingerprint density at radius 3 is 3.03 bits per heavy atom. The third-order valence-corrected chi connectivity index (χ3v) is 6.90. The van der Waals surface area contributed by atoms with Gasteiger partial charge in [0.1, 0.15) is 17.8 Å². The Bertz CT molecular complexity index is 1280. The molecular weight excluding hydrogens is 390 g/mol. The summed E-state index contributed by atoms with van der Waals surface area (Å²) in [6, 6.07) is 8.79. The summed E-state index contributed by atoms with van der Waals surface area (Å²) in [4.78, 5) is 29.9. The molecule has 2 saturated heterocycles. The Morgan fingerprint density at radius 2 is 2.10 bits per heavy atom. The normalized spacial score (nSPS) is 21.2. The van der Waals surface area contributed by atoms with E-state index in [2.05, 4.69) is 42.0 Å². The molecule has 1 aromatic carbocycles. The molecule has 158 valence electrons. The molecule has 2 aliphatic rings. The molecule has 1 N–H and O–H groups in total. The molecule has 0 radical (unpaired) electrons. The van der Waals surface area contributed by atoms with Crippen LogP contribution in [0.5, 0.6) is 0 Å². The number of aryl methyl sites for hydroxylation is 1. The van der Waals surface area contributed by atoms with Crippen LogP contribution in [0.15, 0.2) is 43.0 Å². The van der Waals surface area contributed by atoms with Gasteiger partial charge in [-0.25, -0.2) is 9.97 Å². The molecule has 0 unspecified atom stereocenters. The fraction of sp³-hybridized carbons (Fsp3) is 0.391. The number of anilines is 1. The standard InChI is InChI=1S/C23H25N7O/c1-28-18-5-4-15(11-16(18)13-27-28)12-21(31)29-9-2-3-19-20(29)7-10-30(19)23-17-6-8-24-22(17)25-14-26-23/h4-6,8,11,13-14,19-20H,2-3,7,9-10,12H2,1H3,(H,24,25,26)/t19-,20-/m1/s1. The van der Waals surface area contributed by atoms with Crippen LogP contribution in [0.1, 0.15) is 24.8 Å². The first-order valence-corrected chi connectivity index (χ1v) is 10.9. The number of likely N-dealkylation sites (tertiary alicyclic amines) is 1. The van der Waals surface area contributed by atoms with E-state index >= 15 is 0 Å². The number of hydrogen-bond acceptors (Lipinski definition) is 5. The summed E-state index contributed by atoms with van der Waals surface area (Å²) in [6.45, 7) is 1.75. The van der Waals surface area contributed by atoms with E-state index in [4.69, 9.17) is 0 Å². The SMILES string of the molecule is Cn1ncc2cc(CC(=O)N3CCC[C@@H]4[C@H]3CCN4c3ncnc4[nH]ccc34)ccc21. The van der Waals surface area contributed by atoms with Gasteiger partial charge in [-0.1, -0.05) is 6.07 Å². The highest BCUT2D eigenvalue weighted by Crippen LogP contribution is 2.36. The summed E-state index contributed by atoms with van der Waals surface area (Å²) in [7, 11) is 1.94. The quantitative estimate of drug-likeness (QED) is 0.556. The van der Waals surface area contributed by atoms with Crippen LogP contribution in [0.2, 0.25) is 0 Å². The Balaban J connectivity index is 1.23. The van der Waals surface area contributed by atoms with Crippen LogP contribution in [-0.4, -0.2) is 60.7 Å². The molecule has 1 amide bonds. The number of H-pyrrole nitrogens is 1. The molecule has 8 heteroatoms. The van der Waals surface area contributed by atoms with E-state index < -0.39 is 0 Å². The van der Waals surface area contributed by atoms with Crippen LogP contribution in [-0.2, 0) is 18.3 Å². The first-order valence-electron chi connectivity index (χ1n) is 10.9. The van der Waals surface area contributed by atoms with Gasteiger partial charge in [-0.05, 0) is 43.0 Å². The smallest absolute Gasteiger partial charge is 0.227 e. The Kier molecular flexibility index (Phi) is 4.19. The highest BCUT2D eigenvalue weighted by atomic mass is 16.2. The number of benzene rings is 1. The van der Waals surface area contributed by atoms with E-state index in [1.807, 2.05) is 36.3 Å². The number of nitrogens with zero attached hydrogens (tertiary/aromatic N) is 6. The highest BCUT2D eigenvalue weighted by Gasteiger charge is 2.42. The summed E-state index contributed by atoms with van der Waals surface area (Å²) in [5, 5.41) is 6.44. The van der Waals surface area contributed by atoms with Crippen LogP contribution in [0, 0.1) is 0 Å². The van der Waals surface area contributed by atoms with Crippen molar-refractivity contribution < 1.29 is 4.79 Å². The maximum absolute atomic E-state index is 13.3. The van der Waals surface area contributed by atoms with Gasteiger partial charge in [0.15, 0.2) is 0 Å². The zero-order valence-electron chi connectivity index (χ0n) is 17.5. The minimum absolute atomic E-state index is 0.217. The molecule has 3 aromatic heterocycles. The van der Waals surface area contributed by atoms with E-state index in [0.29, 0.717) is 12.5 Å². The third-order valence-electron chi connectivity index (χ3n) is 6.90. The number of rotatable bonds is 3. The van der Waals surface area contributed by atoms with Crippen molar-refractivity contribution in [1.29, 1.82) is 0 Å². The summed E-state index contributed by atoms with van der Waals surface area (Å²) in [5.41, 5.74) is 3.00. The predicted octanol–water partition coefficient (Wildman–Crippen LogP) is 2.66. The van der Waals surface area contributed by atoms with Gasteiger partial charge < -0.3 is 14.8 Å². The summed E-state index contributed by atoms with van der Waals surface area (Å²) >= 11 is 0. The molecule has 5 heterocycles. The molecule has 6 rings (SSSR count). The monoisotopic (exact) mass is 415 g/mol. The van der Waals surface area contributed by atoms with Gasteiger partial charge in [-0.2, -0.15) is 5.10 Å². The van der Waals surface area contributed by atoms with Crippen molar-refractivity contribution >= 4 is 33.7 Å². The third kappa shape index (κ3) is 2.97. The van der Waals surface area contributed by atoms with E-state index in [1.165, 1.54) is 0 Å². The van der Waals surface area contributed by atoms with Crippen molar-refractivity contribution in [2.75, 3.05) is 18.0 Å². The summed E-state index contributed by atoms with van der Waals surface area (Å²) < 4.78 is 1.86. The van der Waals surface area contributed by atoms with Gasteiger partial charge in [-0.3, -0.25) is 9.48 Å². The number of carbonyl (C=O) groups is 1. The number of piperidine rings is 1. The highest BCUT2D eigenvalue weighted by molar-refractivity contribution is 5.88. The molecule has 0 aliphatic carbocycles. The van der Waals surface area contributed by atoms with Crippen LogP contribution in [0.3, 0.4) is 0 Å². The average molecular weight is 416 g/mol. The van der Waals surface area contributed by atoms with Gasteiger partial charge in [-0.15, -0.1) is 0 Å². The molecular formula is C23H25N7O. The second kappa shape index (κ2) is 7.08. The maximum Gasteiger partial charge on any atom is 0.227 e. The zero-order chi connectivity index (χ0) is 20.9. The van der Waals surface area contributed by atoms with E-state index in [0.717, 1.165) is 65.7 Å². The summed E-state index contributed by atoms with van der Waals surface area (Å²) in [6.07, 6.45) is 8.92. The lowest BCUT2D eigenvalue weighted by Crippen LogP contribution is -2.52. The fourth-order valence-electron chi connectivity index (χ4n) is 5.45. The van der Waals surface area contributed by atoms with Crippen LogP contribution < -0.4 is 4.90 Å². The lowest BCUT2D eigenvalue weighted by Gasteiger charge is -2.40. The number of aromatic nitrogens is 5. The number of amides is 1. The number of aromatic amines is 1. The van der Waals surface area contributed by atoms with Crippen molar-refractivity contribution in [1.82, 2.24) is 29.6 Å². The molecule has 4 aromatic rings. The second-order valence-corrected chi connectivity index (χ2v) is 8.62. The van der Waals surface area contributed by atoms with Crippen molar-refractivity contribution in [2.45, 2.75) is 37.8 Å². The minimum Gasteiger partial charge on any atom is -0.351 e.